The summed E-state index contributed by atoms with van der Waals surface area (Å²) in [6, 6.07) is 9.05. The first-order chi connectivity index (χ1) is 16.1. The van der Waals surface area contributed by atoms with E-state index in [0.29, 0.717) is 44.1 Å². The van der Waals surface area contributed by atoms with Crippen LogP contribution in [0.25, 0.3) is 11.4 Å². The first kappa shape index (κ1) is 20.6. The van der Waals surface area contributed by atoms with Crippen LogP contribution in [0.2, 0.25) is 0 Å². The van der Waals surface area contributed by atoms with Crippen molar-refractivity contribution in [2.75, 3.05) is 31.1 Å². The lowest BCUT2D eigenvalue weighted by atomic mass is 10.0. The van der Waals surface area contributed by atoms with E-state index in [1.54, 1.807) is 29.6 Å². The number of hydrogen-bond acceptors (Lipinski definition) is 7. The predicted octanol–water partition coefficient (Wildman–Crippen LogP) is 2.55. The Morgan fingerprint density at radius 1 is 1.15 bits per heavy atom. The molecule has 0 bridgehead atoms. The molecule has 3 aromatic rings. The summed E-state index contributed by atoms with van der Waals surface area (Å²) in [7, 11) is 0. The third-order valence-electron chi connectivity index (χ3n) is 5.71. The summed E-state index contributed by atoms with van der Waals surface area (Å²) >= 11 is 0. The number of benzene rings is 1. The molecule has 1 aromatic carbocycles. The number of piperazine rings is 1. The summed E-state index contributed by atoms with van der Waals surface area (Å²) in [6.07, 6.45) is 5.48. The van der Waals surface area contributed by atoms with Crippen molar-refractivity contribution in [3.63, 3.8) is 0 Å². The van der Waals surface area contributed by atoms with Gasteiger partial charge in [0.1, 0.15) is 5.82 Å². The molecule has 2 aromatic heterocycles. The van der Waals surface area contributed by atoms with Crippen LogP contribution in [-0.2, 0) is 0 Å². The van der Waals surface area contributed by atoms with E-state index in [0.717, 1.165) is 11.4 Å². The Hall–Kier alpha value is -4.33. The van der Waals surface area contributed by atoms with Crippen molar-refractivity contribution >= 4 is 18.2 Å². The zero-order valence-corrected chi connectivity index (χ0v) is 17.6. The van der Waals surface area contributed by atoms with E-state index >= 15 is 0 Å². The molecule has 0 spiro atoms. The number of aromatic amines is 1. The molecule has 5 rings (SSSR count). The number of hydrazone groups is 1. The van der Waals surface area contributed by atoms with Gasteiger partial charge in [0.05, 0.1) is 29.1 Å². The standard InChI is InChI=1S/C22H20FN9O/c23-17-12-15(14-24)11-16(13-17)20-3-6-27-32(20)22(33)31-9-7-30(8-10-31)21-25-4-1-18(28-21)19-2-5-26-29-19/h1-2,4-6,11-13,20H,3,7-10H2,(H,26,29). The number of carbonyl (C=O) groups excluding carboxylic acids is 1. The molecule has 1 saturated heterocycles. The van der Waals surface area contributed by atoms with Gasteiger partial charge < -0.3 is 9.80 Å². The fraction of sp³-hybridized carbons (Fsp3) is 0.273. The second-order valence-electron chi connectivity index (χ2n) is 7.75. The average Bonchev–Trinajstić information content (AvgIpc) is 3.56. The number of hydrogen-bond donors (Lipinski definition) is 1. The number of carbonyl (C=O) groups is 1. The number of nitriles is 1. The Bertz CT molecular complexity index is 1230. The van der Waals surface area contributed by atoms with E-state index < -0.39 is 11.9 Å². The highest BCUT2D eigenvalue weighted by Gasteiger charge is 2.33. The number of anilines is 1. The first-order valence-electron chi connectivity index (χ1n) is 10.5. The molecule has 0 aliphatic carbocycles. The van der Waals surface area contributed by atoms with Gasteiger partial charge in [0.2, 0.25) is 5.95 Å². The highest BCUT2D eigenvalue weighted by atomic mass is 19.1. The molecule has 1 fully saturated rings. The molecule has 33 heavy (non-hydrogen) atoms. The third kappa shape index (κ3) is 4.10. The highest BCUT2D eigenvalue weighted by molar-refractivity contribution is 5.79. The summed E-state index contributed by atoms with van der Waals surface area (Å²) in [5, 5.41) is 21.6. The van der Waals surface area contributed by atoms with Crippen LogP contribution in [0.3, 0.4) is 0 Å². The number of nitrogens with zero attached hydrogens (tertiary/aromatic N) is 8. The van der Waals surface area contributed by atoms with Crippen molar-refractivity contribution in [3.8, 4) is 17.5 Å². The minimum atomic E-state index is -0.505. The Morgan fingerprint density at radius 2 is 2.00 bits per heavy atom. The van der Waals surface area contributed by atoms with Crippen LogP contribution in [0.15, 0.2) is 47.8 Å². The molecule has 1 atom stereocenters. The number of nitrogens with one attached hydrogen (secondary N) is 1. The summed E-state index contributed by atoms with van der Waals surface area (Å²) in [4.78, 5) is 25.9. The Kier molecular flexibility index (Phi) is 5.40. The molecular formula is C22H20FN9O. The lowest BCUT2D eigenvalue weighted by Crippen LogP contribution is -2.52. The number of urea groups is 1. The highest BCUT2D eigenvalue weighted by Crippen LogP contribution is 2.30. The van der Waals surface area contributed by atoms with Crippen molar-refractivity contribution in [2.24, 2.45) is 5.10 Å². The van der Waals surface area contributed by atoms with E-state index in [2.05, 4.69) is 25.3 Å². The molecule has 2 amide bonds. The molecule has 0 radical (unpaired) electrons. The van der Waals surface area contributed by atoms with Crippen LogP contribution in [0.5, 0.6) is 0 Å². The smallest absolute Gasteiger partial charge is 0.337 e. The quantitative estimate of drug-likeness (QED) is 0.662. The third-order valence-corrected chi connectivity index (χ3v) is 5.71. The predicted molar refractivity (Wildman–Crippen MR) is 118 cm³/mol. The maximum absolute atomic E-state index is 13.9. The molecule has 166 valence electrons. The zero-order valence-electron chi connectivity index (χ0n) is 17.6. The molecule has 2 aliphatic heterocycles. The van der Waals surface area contributed by atoms with Gasteiger partial charge >= 0.3 is 6.03 Å². The molecular weight excluding hydrogens is 425 g/mol. The average molecular weight is 445 g/mol. The molecule has 2 aliphatic rings. The molecule has 1 N–H and O–H groups in total. The largest absolute Gasteiger partial charge is 0.341 e. The van der Waals surface area contributed by atoms with E-state index in [-0.39, 0.29) is 11.6 Å². The van der Waals surface area contributed by atoms with Crippen molar-refractivity contribution in [2.45, 2.75) is 12.5 Å². The zero-order chi connectivity index (χ0) is 22.8. The fourth-order valence-corrected chi connectivity index (χ4v) is 4.04. The van der Waals surface area contributed by atoms with Crippen LogP contribution >= 0.6 is 0 Å². The van der Waals surface area contributed by atoms with Crippen LogP contribution < -0.4 is 4.90 Å². The minimum Gasteiger partial charge on any atom is -0.337 e. The minimum absolute atomic E-state index is 0.218. The first-order valence-corrected chi connectivity index (χ1v) is 10.5. The number of amides is 2. The van der Waals surface area contributed by atoms with Gasteiger partial charge in [0, 0.05) is 51.2 Å². The normalized spacial score (nSPS) is 17.9. The van der Waals surface area contributed by atoms with E-state index in [1.807, 2.05) is 23.1 Å². The number of H-pyrrole nitrogens is 1. The molecule has 4 heterocycles. The lowest BCUT2D eigenvalue weighted by molar-refractivity contribution is 0.139. The number of aromatic nitrogens is 4. The van der Waals surface area contributed by atoms with Gasteiger partial charge in [-0.25, -0.2) is 24.2 Å². The van der Waals surface area contributed by atoms with Gasteiger partial charge in [-0.1, -0.05) is 0 Å². The van der Waals surface area contributed by atoms with Gasteiger partial charge in [-0.3, -0.25) is 5.10 Å². The Morgan fingerprint density at radius 3 is 2.76 bits per heavy atom. The van der Waals surface area contributed by atoms with Crippen molar-refractivity contribution in [1.82, 2.24) is 30.1 Å². The van der Waals surface area contributed by atoms with Crippen molar-refractivity contribution in [1.29, 1.82) is 5.26 Å². The maximum atomic E-state index is 13.9. The van der Waals surface area contributed by atoms with Gasteiger partial charge in [0.15, 0.2) is 0 Å². The van der Waals surface area contributed by atoms with Crippen LogP contribution in [-0.4, -0.2) is 68.5 Å². The number of rotatable bonds is 3. The van der Waals surface area contributed by atoms with Gasteiger partial charge in [0.25, 0.3) is 0 Å². The second-order valence-corrected chi connectivity index (χ2v) is 7.75. The number of halogens is 1. The fourth-order valence-electron chi connectivity index (χ4n) is 4.04. The Labute approximate surface area is 189 Å². The summed E-state index contributed by atoms with van der Waals surface area (Å²) in [6.45, 7) is 2.08. The lowest BCUT2D eigenvalue weighted by Gasteiger charge is -2.37. The van der Waals surface area contributed by atoms with Crippen molar-refractivity contribution < 1.29 is 9.18 Å². The van der Waals surface area contributed by atoms with E-state index in [4.69, 9.17) is 5.26 Å². The van der Waals surface area contributed by atoms with E-state index in [1.165, 1.54) is 17.1 Å². The molecule has 10 nitrogen and oxygen atoms in total. The van der Waals surface area contributed by atoms with E-state index in [9.17, 15) is 9.18 Å². The SMILES string of the molecule is N#Cc1cc(F)cc(C2CC=NN2C(=O)N2CCN(c3nccc(-c4ccn[nH]4)n3)CC2)c1. The van der Waals surface area contributed by atoms with Crippen molar-refractivity contribution in [3.05, 3.63) is 59.7 Å². The van der Waals surface area contributed by atoms with Gasteiger partial charge in [-0.2, -0.15) is 15.5 Å². The summed E-state index contributed by atoms with van der Waals surface area (Å²) in [5.74, 6) is 0.0874. The van der Waals surface area contributed by atoms with Crippen LogP contribution in [0.1, 0.15) is 23.6 Å². The summed E-state index contributed by atoms with van der Waals surface area (Å²) in [5.41, 5.74) is 2.33. The van der Waals surface area contributed by atoms with Crippen LogP contribution in [0.4, 0.5) is 15.1 Å². The second kappa shape index (κ2) is 8.66. The Balaban J connectivity index is 1.26. The van der Waals surface area contributed by atoms with Gasteiger partial charge in [-0.05, 0) is 35.9 Å². The van der Waals surface area contributed by atoms with Gasteiger partial charge in [-0.15, -0.1) is 0 Å². The molecule has 11 heteroatoms. The monoisotopic (exact) mass is 445 g/mol. The molecule has 0 saturated carbocycles. The summed E-state index contributed by atoms with van der Waals surface area (Å²) < 4.78 is 13.9. The van der Waals surface area contributed by atoms with Crippen LogP contribution in [0, 0.1) is 17.1 Å². The maximum Gasteiger partial charge on any atom is 0.341 e. The molecule has 1 unspecified atom stereocenters. The topological polar surface area (TPSA) is 117 Å².